The van der Waals surface area contributed by atoms with Crippen molar-refractivity contribution in [2.24, 2.45) is 5.73 Å². The molecule has 5 nitrogen and oxygen atoms in total. The van der Waals surface area contributed by atoms with Crippen LogP contribution in [0.15, 0.2) is 18.2 Å². The van der Waals surface area contributed by atoms with E-state index >= 15 is 0 Å². The van der Waals surface area contributed by atoms with Crippen LogP contribution in [-0.2, 0) is 9.84 Å². The number of ether oxygens (including phenoxy) is 1. The van der Waals surface area contributed by atoms with Crippen molar-refractivity contribution >= 4 is 32.7 Å². The van der Waals surface area contributed by atoms with E-state index in [1.54, 1.807) is 25.3 Å². The first-order valence-corrected chi connectivity index (χ1v) is 8.59. The molecule has 1 aliphatic heterocycles. The summed E-state index contributed by atoms with van der Waals surface area (Å²) in [7, 11) is -1.38. The number of nitrogens with one attached hydrogen (secondary N) is 1. The SMILES string of the molecule is COc1ccc(C(N)=S)c(NC2CCCS(=O)(=O)C2)c1. The molecule has 1 aliphatic rings. The van der Waals surface area contributed by atoms with Crippen molar-refractivity contribution in [2.75, 3.05) is 23.9 Å². The Balaban J connectivity index is 2.25. The monoisotopic (exact) mass is 314 g/mol. The minimum Gasteiger partial charge on any atom is -0.497 e. The van der Waals surface area contributed by atoms with Gasteiger partial charge in [-0.15, -0.1) is 0 Å². The molecule has 1 atom stereocenters. The summed E-state index contributed by atoms with van der Waals surface area (Å²) in [4.78, 5) is 0.272. The molecule has 0 amide bonds. The number of hydrogen-bond donors (Lipinski definition) is 2. The lowest BCUT2D eigenvalue weighted by molar-refractivity contribution is 0.415. The Morgan fingerprint density at radius 2 is 2.25 bits per heavy atom. The first kappa shape index (κ1) is 15.1. The lowest BCUT2D eigenvalue weighted by atomic mass is 10.1. The summed E-state index contributed by atoms with van der Waals surface area (Å²) in [5.74, 6) is 1.08. The molecule has 1 aromatic carbocycles. The van der Waals surface area contributed by atoms with Gasteiger partial charge in [0.2, 0.25) is 0 Å². The van der Waals surface area contributed by atoms with Crippen LogP contribution in [0.3, 0.4) is 0 Å². The molecular weight excluding hydrogens is 296 g/mol. The molecule has 1 unspecified atom stereocenters. The van der Waals surface area contributed by atoms with Crippen molar-refractivity contribution in [2.45, 2.75) is 18.9 Å². The second-order valence-electron chi connectivity index (χ2n) is 4.87. The maximum atomic E-state index is 11.7. The fourth-order valence-electron chi connectivity index (χ4n) is 2.34. The highest BCUT2D eigenvalue weighted by Gasteiger charge is 2.25. The van der Waals surface area contributed by atoms with Crippen LogP contribution in [-0.4, -0.2) is 38.1 Å². The zero-order chi connectivity index (χ0) is 14.8. The van der Waals surface area contributed by atoms with Gasteiger partial charge in [0.15, 0.2) is 9.84 Å². The van der Waals surface area contributed by atoms with Gasteiger partial charge < -0.3 is 15.8 Å². The fraction of sp³-hybridized carbons (Fsp3) is 0.462. The van der Waals surface area contributed by atoms with Crippen LogP contribution in [0, 0.1) is 0 Å². The maximum absolute atomic E-state index is 11.7. The Labute approximate surface area is 124 Å². The van der Waals surface area contributed by atoms with Crippen LogP contribution in [0.5, 0.6) is 5.75 Å². The van der Waals surface area contributed by atoms with Crippen LogP contribution in [0.2, 0.25) is 0 Å². The molecule has 0 bridgehead atoms. The fourth-order valence-corrected chi connectivity index (χ4v) is 4.16. The van der Waals surface area contributed by atoms with Gasteiger partial charge in [0.05, 0.1) is 18.6 Å². The number of methoxy groups -OCH3 is 1. The minimum absolute atomic E-state index is 0.117. The van der Waals surface area contributed by atoms with E-state index in [1.807, 2.05) is 0 Å². The van der Waals surface area contributed by atoms with Gasteiger partial charge in [-0.2, -0.15) is 0 Å². The molecule has 3 N–H and O–H groups in total. The third-order valence-corrected chi connectivity index (χ3v) is 5.36. The van der Waals surface area contributed by atoms with Crippen molar-refractivity contribution in [3.63, 3.8) is 0 Å². The summed E-state index contributed by atoms with van der Waals surface area (Å²) in [6, 6.07) is 5.22. The van der Waals surface area contributed by atoms with Crippen molar-refractivity contribution in [3.05, 3.63) is 23.8 Å². The maximum Gasteiger partial charge on any atom is 0.152 e. The molecule has 1 aromatic rings. The van der Waals surface area contributed by atoms with Crippen LogP contribution in [0.1, 0.15) is 18.4 Å². The first-order chi connectivity index (χ1) is 9.41. The van der Waals surface area contributed by atoms with Crippen LogP contribution in [0.4, 0.5) is 5.69 Å². The van der Waals surface area contributed by atoms with Gasteiger partial charge in [-0.25, -0.2) is 8.42 Å². The summed E-state index contributed by atoms with van der Waals surface area (Å²) >= 11 is 5.02. The van der Waals surface area contributed by atoms with Crippen molar-refractivity contribution in [1.82, 2.24) is 0 Å². The Bertz CT molecular complexity index is 614. The number of sulfone groups is 1. The molecule has 1 fully saturated rings. The van der Waals surface area contributed by atoms with E-state index in [1.165, 1.54) is 0 Å². The summed E-state index contributed by atoms with van der Waals surface area (Å²) in [5, 5.41) is 3.23. The van der Waals surface area contributed by atoms with E-state index in [0.717, 1.165) is 12.1 Å². The molecule has 110 valence electrons. The highest BCUT2D eigenvalue weighted by Crippen LogP contribution is 2.25. The molecular formula is C13H18N2O3S2. The molecule has 0 aliphatic carbocycles. The standard InChI is InChI=1S/C13H18N2O3S2/c1-18-10-4-5-11(13(14)19)12(7-10)15-9-3-2-6-20(16,17)8-9/h4-5,7,9,15H,2-3,6,8H2,1H3,(H2,14,19). The van der Waals surface area contributed by atoms with E-state index in [9.17, 15) is 8.42 Å². The normalized spacial score (nSPS) is 21.1. The highest BCUT2D eigenvalue weighted by atomic mass is 32.2. The van der Waals surface area contributed by atoms with Crippen molar-refractivity contribution in [1.29, 1.82) is 0 Å². The molecule has 0 saturated carbocycles. The first-order valence-electron chi connectivity index (χ1n) is 6.36. The molecule has 1 heterocycles. The van der Waals surface area contributed by atoms with Crippen molar-refractivity contribution < 1.29 is 13.2 Å². The summed E-state index contributed by atoms with van der Waals surface area (Å²) < 4.78 is 28.5. The number of benzene rings is 1. The van der Waals surface area contributed by atoms with E-state index in [0.29, 0.717) is 17.7 Å². The molecule has 2 rings (SSSR count). The van der Waals surface area contributed by atoms with Gasteiger partial charge >= 0.3 is 0 Å². The number of hydrogen-bond acceptors (Lipinski definition) is 5. The van der Waals surface area contributed by atoms with Crippen LogP contribution >= 0.6 is 12.2 Å². The van der Waals surface area contributed by atoms with Gasteiger partial charge in [-0.1, -0.05) is 12.2 Å². The third-order valence-electron chi connectivity index (χ3n) is 3.31. The third kappa shape index (κ3) is 3.61. The molecule has 0 radical (unpaired) electrons. The van der Waals surface area contributed by atoms with Gasteiger partial charge in [-0.05, 0) is 25.0 Å². The highest BCUT2D eigenvalue weighted by molar-refractivity contribution is 7.91. The van der Waals surface area contributed by atoms with E-state index in [2.05, 4.69) is 5.32 Å². The van der Waals surface area contributed by atoms with Gasteiger partial charge in [0.25, 0.3) is 0 Å². The predicted molar refractivity (Wildman–Crippen MR) is 84.2 cm³/mol. The molecule has 0 spiro atoms. The Kier molecular flexibility index (Phi) is 4.49. The number of rotatable bonds is 4. The van der Waals surface area contributed by atoms with E-state index < -0.39 is 9.84 Å². The molecule has 0 aromatic heterocycles. The average Bonchev–Trinajstić information content (AvgIpc) is 2.37. The van der Waals surface area contributed by atoms with Crippen LogP contribution < -0.4 is 15.8 Å². The average molecular weight is 314 g/mol. The van der Waals surface area contributed by atoms with Crippen molar-refractivity contribution in [3.8, 4) is 5.75 Å². The predicted octanol–water partition coefficient (Wildman–Crippen LogP) is 1.32. The van der Waals surface area contributed by atoms with Crippen LogP contribution in [0.25, 0.3) is 0 Å². The summed E-state index contributed by atoms with van der Waals surface area (Å²) in [6.07, 6.45) is 1.49. The zero-order valence-corrected chi connectivity index (χ0v) is 12.9. The quantitative estimate of drug-likeness (QED) is 0.816. The summed E-state index contributed by atoms with van der Waals surface area (Å²) in [6.45, 7) is 0. The smallest absolute Gasteiger partial charge is 0.152 e. The van der Waals surface area contributed by atoms with Gasteiger partial charge in [0.1, 0.15) is 10.7 Å². The largest absolute Gasteiger partial charge is 0.497 e. The lowest BCUT2D eigenvalue weighted by Gasteiger charge is -2.25. The number of thiocarbonyl (C=S) groups is 1. The van der Waals surface area contributed by atoms with Gasteiger partial charge in [0, 0.05) is 23.4 Å². The minimum atomic E-state index is -2.96. The van der Waals surface area contributed by atoms with Gasteiger partial charge in [-0.3, -0.25) is 0 Å². The molecule has 1 saturated heterocycles. The molecule has 20 heavy (non-hydrogen) atoms. The Morgan fingerprint density at radius 1 is 1.50 bits per heavy atom. The number of nitrogens with two attached hydrogens (primary N) is 1. The summed E-state index contributed by atoms with van der Waals surface area (Å²) in [5.41, 5.74) is 7.12. The lowest BCUT2D eigenvalue weighted by Crippen LogP contribution is -2.35. The zero-order valence-electron chi connectivity index (χ0n) is 11.3. The Morgan fingerprint density at radius 3 is 2.85 bits per heavy atom. The van der Waals surface area contributed by atoms with E-state index in [-0.39, 0.29) is 22.5 Å². The topological polar surface area (TPSA) is 81.4 Å². The second kappa shape index (κ2) is 5.97. The Hall–Kier alpha value is -1.34. The number of anilines is 1. The second-order valence-corrected chi connectivity index (χ2v) is 7.54. The molecule has 7 heteroatoms. The van der Waals surface area contributed by atoms with E-state index in [4.69, 9.17) is 22.7 Å².